The summed E-state index contributed by atoms with van der Waals surface area (Å²) in [7, 11) is -4.61. The first-order valence-electron chi connectivity index (χ1n) is 6.07. The molecule has 0 heterocycles. The number of benzene rings is 2. The summed E-state index contributed by atoms with van der Waals surface area (Å²) in [5, 5.41) is 18.2. The molecule has 0 saturated heterocycles. The molecule has 120 valence electrons. The van der Waals surface area contributed by atoms with E-state index in [4.69, 9.17) is 5.26 Å². The van der Waals surface area contributed by atoms with Gasteiger partial charge < -0.3 is 5.11 Å². The third-order valence-electron chi connectivity index (χ3n) is 2.85. The van der Waals surface area contributed by atoms with Crippen LogP contribution in [0.25, 0.3) is 0 Å². The van der Waals surface area contributed by atoms with Crippen molar-refractivity contribution in [3.8, 4) is 11.8 Å². The number of aromatic hydroxyl groups is 1. The highest BCUT2D eigenvalue weighted by molar-refractivity contribution is 7.92. The summed E-state index contributed by atoms with van der Waals surface area (Å²) in [5.74, 6) is -0.432. The van der Waals surface area contributed by atoms with E-state index in [0.29, 0.717) is 12.1 Å². The smallest absolute Gasteiger partial charge is 0.417 e. The average molecular weight is 342 g/mol. The number of phenolic OH excluding ortho intramolecular Hbond substituents is 1. The number of nitriles is 1. The number of para-hydroxylation sites is 2. The number of hydrogen-bond acceptors (Lipinski definition) is 4. The highest BCUT2D eigenvalue weighted by Crippen LogP contribution is 2.36. The fourth-order valence-corrected chi connectivity index (χ4v) is 3.10. The van der Waals surface area contributed by atoms with Gasteiger partial charge in [-0.05, 0) is 30.3 Å². The number of alkyl halides is 3. The minimum atomic E-state index is -4.96. The van der Waals surface area contributed by atoms with Crippen LogP contribution in [0.4, 0.5) is 18.9 Å². The van der Waals surface area contributed by atoms with E-state index in [1.807, 2.05) is 4.72 Å². The van der Waals surface area contributed by atoms with E-state index in [0.717, 1.165) is 6.07 Å². The normalized spacial score (nSPS) is 11.7. The van der Waals surface area contributed by atoms with Gasteiger partial charge in [-0.15, -0.1) is 0 Å². The Hall–Kier alpha value is -2.73. The second kappa shape index (κ2) is 5.81. The maximum Gasteiger partial charge on any atom is 0.417 e. The molecule has 2 N–H and O–H groups in total. The maximum atomic E-state index is 13.1. The molecule has 0 amide bonds. The Morgan fingerprint density at radius 2 is 1.78 bits per heavy atom. The van der Waals surface area contributed by atoms with E-state index in [-0.39, 0.29) is 11.3 Å². The Labute approximate surface area is 129 Å². The molecule has 0 aliphatic rings. The molecule has 0 spiro atoms. The fourth-order valence-electron chi connectivity index (χ4n) is 1.82. The van der Waals surface area contributed by atoms with Gasteiger partial charge >= 0.3 is 6.18 Å². The fraction of sp³-hybridized carbons (Fsp3) is 0.0714. The molecule has 23 heavy (non-hydrogen) atoms. The van der Waals surface area contributed by atoms with Crippen LogP contribution < -0.4 is 4.72 Å². The zero-order chi connectivity index (χ0) is 17.3. The summed E-state index contributed by atoms with van der Waals surface area (Å²) in [6, 6.07) is 8.85. The molecular formula is C14H9F3N2O3S. The van der Waals surface area contributed by atoms with Crippen LogP contribution in [0.15, 0.2) is 47.4 Å². The van der Waals surface area contributed by atoms with Crippen LogP contribution in [-0.4, -0.2) is 13.5 Å². The van der Waals surface area contributed by atoms with E-state index in [1.165, 1.54) is 30.3 Å². The zero-order valence-corrected chi connectivity index (χ0v) is 12.1. The van der Waals surface area contributed by atoms with Crippen LogP contribution in [0, 0.1) is 11.3 Å². The SMILES string of the molecule is N#Cc1ccc(S(=O)(=O)Nc2ccccc2O)c(C(F)(F)F)c1. The van der Waals surface area contributed by atoms with Crippen molar-refractivity contribution < 1.29 is 26.7 Å². The van der Waals surface area contributed by atoms with Gasteiger partial charge in [0.05, 0.1) is 27.8 Å². The van der Waals surface area contributed by atoms with Crippen molar-refractivity contribution in [2.45, 2.75) is 11.1 Å². The molecule has 2 aromatic carbocycles. The molecule has 0 aromatic heterocycles. The Morgan fingerprint density at radius 1 is 1.13 bits per heavy atom. The number of anilines is 1. The lowest BCUT2D eigenvalue weighted by atomic mass is 10.1. The summed E-state index contributed by atoms with van der Waals surface area (Å²) < 4.78 is 65.5. The summed E-state index contributed by atoms with van der Waals surface area (Å²) in [6.07, 6.45) is -4.96. The lowest BCUT2D eigenvalue weighted by Gasteiger charge is -2.15. The van der Waals surface area contributed by atoms with Gasteiger partial charge in [-0.2, -0.15) is 18.4 Å². The van der Waals surface area contributed by atoms with Crippen LogP contribution in [-0.2, 0) is 16.2 Å². The van der Waals surface area contributed by atoms with E-state index < -0.39 is 32.4 Å². The summed E-state index contributed by atoms with van der Waals surface area (Å²) >= 11 is 0. The van der Waals surface area contributed by atoms with Gasteiger partial charge in [0.25, 0.3) is 10.0 Å². The Bertz CT molecular complexity index is 887. The van der Waals surface area contributed by atoms with Crippen molar-refractivity contribution in [1.82, 2.24) is 0 Å². The number of hydrogen-bond donors (Lipinski definition) is 2. The molecule has 0 aliphatic carbocycles. The van der Waals surface area contributed by atoms with Gasteiger partial charge in [-0.3, -0.25) is 4.72 Å². The molecular weight excluding hydrogens is 333 g/mol. The number of rotatable bonds is 3. The number of nitrogens with zero attached hydrogens (tertiary/aromatic N) is 1. The van der Waals surface area contributed by atoms with Crippen molar-refractivity contribution in [3.05, 3.63) is 53.6 Å². The Kier molecular flexibility index (Phi) is 4.20. The quantitative estimate of drug-likeness (QED) is 0.839. The topological polar surface area (TPSA) is 90.2 Å². The lowest BCUT2D eigenvalue weighted by Crippen LogP contribution is -2.19. The first kappa shape index (κ1) is 16.6. The van der Waals surface area contributed by atoms with Crippen LogP contribution in [0.5, 0.6) is 5.75 Å². The molecule has 0 atom stereocenters. The molecule has 0 fully saturated rings. The molecule has 2 rings (SSSR count). The van der Waals surface area contributed by atoms with Crippen molar-refractivity contribution in [3.63, 3.8) is 0 Å². The van der Waals surface area contributed by atoms with E-state index in [9.17, 15) is 26.7 Å². The summed E-state index contributed by atoms with van der Waals surface area (Å²) in [6.45, 7) is 0. The first-order valence-corrected chi connectivity index (χ1v) is 7.55. The molecule has 0 aliphatic heterocycles. The first-order chi connectivity index (χ1) is 10.6. The highest BCUT2D eigenvalue weighted by atomic mass is 32.2. The monoisotopic (exact) mass is 342 g/mol. The van der Waals surface area contributed by atoms with Gasteiger partial charge in [0.2, 0.25) is 0 Å². The molecule has 0 radical (unpaired) electrons. The second-order valence-corrected chi connectivity index (χ2v) is 6.09. The van der Waals surface area contributed by atoms with Crippen molar-refractivity contribution in [2.75, 3.05) is 4.72 Å². The average Bonchev–Trinajstić information content (AvgIpc) is 2.48. The number of nitrogens with one attached hydrogen (secondary N) is 1. The molecule has 0 saturated carbocycles. The van der Waals surface area contributed by atoms with Crippen molar-refractivity contribution in [1.29, 1.82) is 5.26 Å². The van der Waals surface area contributed by atoms with Gasteiger partial charge in [0.1, 0.15) is 5.75 Å². The molecule has 2 aromatic rings. The van der Waals surface area contributed by atoms with Crippen LogP contribution in [0.3, 0.4) is 0 Å². The Morgan fingerprint density at radius 3 is 2.35 bits per heavy atom. The molecule has 0 bridgehead atoms. The van der Waals surface area contributed by atoms with Crippen LogP contribution in [0.2, 0.25) is 0 Å². The Balaban J connectivity index is 2.57. The third-order valence-corrected chi connectivity index (χ3v) is 4.28. The number of halogens is 3. The van der Waals surface area contributed by atoms with E-state index in [2.05, 4.69) is 0 Å². The summed E-state index contributed by atoms with van der Waals surface area (Å²) in [5.41, 5.74) is -2.04. The lowest BCUT2D eigenvalue weighted by molar-refractivity contribution is -0.139. The van der Waals surface area contributed by atoms with Gasteiger partial charge in [0, 0.05) is 0 Å². The summed E-state index contributed by atoms with van der Waals surface area (Å²) in [4.78, 5) is -1.03. The van der Waals surface area contributed by atoms with Gasteiger partial charge in [0.15, 0.2) is 0 Å². The standard InChI is InChI=1S/C14H9F3N2O3S/c15-14(16,17)10-7-9(8-18)5-6-13(10)23(21,22)19-11-3-1-2-4-12(11)20/h1-7,19-20H. The van der Waals surface area contributed by atoms with Gasteiger partial charge in [-0.1, -0.05) is 12.1 Å². The van der Waals surface area contributed by atoms with Crippen molar-refractivity contribution in [2.24, 2.45) is 0 Å². The largest absolute Gasteiger partial charge is 0.506 e. The number of phenols is 1. The second-order valence-electron chi connectivity index (χ2n) is 4.44. The molecule has 5 nitrogen and oxygen atoms in total. The minimum Gasteiger partial charge on any atom is -0.506 e. The van der Waals surface area contributed by atoms with Crippen LogP contribution >= 0.6 is 0 Å². The number of sulfonamides is 1. The minimum absolute atomic E-state index is 0.259. The van der Waals surface area contributed by atoms with Crippen molar-refractivity contribution >= 4 is 15.7 Å². The molecule has 9 heteroatoms. The maximum absolute atomic E-state index is 13.1. The predicted molar refractivity (Wildman–Crippen MR) is 75.1 cm³/mol. The third kappa shape index (κ3) is 3.54. The zero-order valence-electron chi connectivity index (χ0n) is 11.3. The highest BCUT2D eigenvalue weighted by Gasteiger charge is 2.37. The van der Waals surface area contributed by atoms with E-state index in [1.54, 1.807) is 0 Å². The van der Waals surface area contributed by atoms with Gasteiger partial charge in [-0.25, -0.2) is 8.42 Å². The van der Waals surface area contributed by atoms with Crippen LogP contribution in [0.1, 0.15) is 11.1 Å². The van der Waals surface area contributed by atoms with E-state index >= 15 is 0 Å². The molecule has 0 unspecified atom stereocenters. The predicted octanol–water partition coefficient (Wildman–Crippen LogP) is 3.08.